The summed E-state index contributed by atoms with van der Waals surface area (Å²) in [6, 6.07) is 12.2. The fourth-order valence-corrected chi connectivity index (χ4v) is 3.68. The van der Waals surface area contributed by atoms with E-state index < -0.39 is 35.3 Å². The van der Waals surface area contributed by atoms with Crippen LogP contribution in [0.25, 0.3) is 0 Å². The van der Waals surface area contributed by atoms with Crippen molar-refractivity contribution in [1.82, 2.24) is 9.80 Å². The minimum Gasteiger partial charge on any atom is -0.423 e. The van der Waals surface area contributed by atoms with Crippen molar-refractivity contribution in [2.24, 2.45) is 0 Å². The molecule has 0 saturated carbocycles. The highest BCUT2D eigenvalue weighted by Gasteiger charge is 2.20. The highest BCUT2D eigenvalue weighted by Crippen LogP contribution is 2.15. The predicted molar refractivity (Wildman–Crippen MR) is 147 cm³/mol. The molecule has 0 saturated heterocycles. The molecule has 0 heterocycles. The molecule has 0 aliphatic carbocycles. The molecule has 0 atom stereocenters. The average molecular weight is 551 g/mol. The topological polar surface area (TPSA) is 127 Å². The van der Waals surface area contributed by atoms with E-state index in [2.05, 4.69) is 0 Å². The van der Waals surface area contributed by atoms with Crippen LogP contribution in [0.2, 0.25) is 0 Å². The van der Waals surface area contributed by atoms with E-state index in [0.29, 0.717) is 37.3 Å². The Morgan fingerprint density at radius 1 is 0.550 bits per heavy atom. The minimum atomic E-state index is -0.816. The van der Waals surface area contributed by atoms with Gasteiger partial charge < -0.3 is 19.3 Å². The van der Waals surface area contributed by atoms with E-state index in [1.165, 1.54) is 34.1 Å². The minimum absolute atomic E-state index is 0.0684. The van der Waals surface area contributed by atoms with Crippen LogP contribution >= 0.6 is 0 Å². The quantitative estimate of drug-likeness (QED) is 0.152. The summed E-state index contributed by atoms with van der Waals surface area (Å²) in [5, 5.41) is 0. The third-order valence-corrected chi connectivity index (χ3v) is 5.95. The third kappa shape index (κ3) is 9.61. The average Bonchev–Trinajstić information content (AvgIpc) is 2.95. The molecule has 0 radical (unpaired) electrons. The number of carbonyl (C=O) groups is 6. The van der Waals surface area contributed by atoms with Gasteiger partial charge in [0.2, 0.25) is 11.6 Å². The van der Waals surface area contributed by atoms with E-state index in [1.807, 2.05) is 0 Å². The number of rotatable bonds is 14. The number of ketones is 2. The molecule has 10 heteroatoms. The smallest absolute Gasteiger partial charge is 0.336 e. The first kappa shape index (κ1) is 31.6. The number of nitrogens with zero attached hydrogens (tertiary/aromatic N) is 2. The normalized spacial score (nSPS) is 10.6. The lowest BCUT2D eigenvalue weighted by Crippen LogP contribution is -2.37. The molecule has 40 heavy (non-hydrogen) atoms. The second-order valence-corrected chi connectivity index (χ2v) is 8.62. The molecular formula is C30H34N2O8. The van der Waals surface area contributed by atoms with Crippen molar-refractivity contribution >= 4 is 35.3 Å². The zero-order chi connectivity index (χ0) is 29.7. The first-order valence-electron chi connectivity index (χ1n) is 13.0. The van der Waals surface area contributed by atoms with Crippen LogP contribution in [0.3, 0.4) is 0 Å². The maximum Gasteiger partial charge on any atom is 0.336 e. The molecule has 0 unspecified atom stereocenters. The predicted octanol–water partition coefficient (Wildman–Crippen LogP) is 2.71. The van der Waals surface area contributed by atoms with E-state index in [9.17, 15) is 28.8 Å². The molecule has 0 bridgehead atoms. The summed E-state index contributed by atoms with van der Waals surface area (Å²) in [6.45, 7) is 9.00. The van der Waals surface area contributed by atoms with Crippen molar-refractivity contribution in [3.63, 3.8) is 0 Å². The Balaban J connectivity index is 1.84. The van der Waals surface area contributed by atoms with Crippen molar-refractivity contribution in [3.05, 3.63) is 71.8 Å². The van der Waals surface area contributed by atoms with Gasteiger partial charge in [-0.05, 0) is 63.1 Å². The first-order valence-corrected chi connectivity index (χ1v) is 13.0. The SMILES string of the molecule is CCN(CC)C(=O)C(=O)Cc1ccc(OC(=O)/C=C/C(=O)Oc2ccc(CC(=O)C(=O)N(CC)CC)cc2)cc1. The monoisotopic (exact) mass is 550 g/mol. The van der Waals surface area contributed by atoms with Gasteiger partial charge in [-0.1, -0.05) is 24.3 Å². The van der Waals surface area contributed by atoms with E-state index in [1.54, 1.807) is 52.0 Å². The van der Waals surface area contributed by atoms with Gasteiger partial charge in [0.05, 0.1) is 0 Å². The maximum atomic E-state index is 12.2. The summed E-state index contributed by atoms with van der Waals surface area (Å²) in [5.41, 5.74) is 1.19. The molecule has 0 aromatic heterocycles. The van der Waals surface area contributed by atoms with Gasteiger partial charge in [-0.2, -0.15) is 0 Å². The van der Waals surface area contributed by atoms with Crippen molar-refractivity contribution in [2.75, 3.05) is 26.2 Å². The summed E-state index contributed by atoms with van der Waals surface area (Å²) in [7, 11) is 0. The number of amides is 2. The lowest BCUT2D eigenvalue weighted by Gasteiger charge is -2.17. The standard InChI is InChI=1S/C30H34N2O8/c1-5-31(6-2)29(37)25(33)19-21-9-13-23(14-10-21)39-27(35)17-18-28(36)40-24-15-11-22(12-16-24)20-26(34)30(38)32(7-3)8-4/h9-18H,5-8,19-20H2,1-4H3/b18-17+. The number of benzene rings is 2. The van der Waals surface area contributed by atoms with Crippen LogP contribution in [0.1, 0.15) is 38.8 Å². The molecule has 0 aliphatic heterocycles. The molecular weight excluding hydrogens is 516 g/mol. The van der Waals surface area contributed by atoms with E-state index >= 15 is 0 Å². The molecule has 2 rings (SSSR count). The van der Waals surface area contributed by atoms with E-state index in [4.69, 9.17) is 9.47 Å². The molecule has 2 aromatic rings. The Kier molecular flexibility index (Phi) is 12.4. The van der Waals surface area contributed by atoms with Gasteiger partial charge in [0.1, 0.15) is 11.5 Å². The Bertz CT molecular complexity index is 1140. The van der Waals surface area contributed by atoms with Gasteiger partial charge >= 0.3 is 11.9 Å². The van der Waals surface area contributed by atoms with Gasteiger partial charge in [-0.25, -0.2) is 9.59 Å². The maximum absolute atomic E-state index is 12.2. The number of likely N-dealkylation sites (N-methyl/N-ethyl adjacent to an activating group) is 2. The Hall–Kier alpha value is -4.60. The highest BCUT2D eigenvalue weighted by atomic mass is 16.5. The number of carbonyl (C=O) groups excluding carboxylic acids is 6. The van der Waals surface area contributed by atoms with Crippen molar-refractivity contribution in [3.8, 4) is 11.5 Å². The summed E-state index contributed by atoms with van der Waals surface area (Å²) in [6.07, 6.45) is 1.69. The van der Waals surface area contributed by atoms with Crippen LogP contribution in [0, 0.1) is 0 Å². The Labute approximate surface area is 233 Å². The number of hydrogen-bond acceptors (Lipinski definition) is 8. The van der Waals surface area contributed by atoms with E-state index in [0.717, 1.165) is 12.2 Å². The van der Waals surface area contributed by atoms with Gasteiger partial charge in [0, 0.05) is 51.2 Å². The second-order valence-electron chi connectivity index (χ2n) is 8.62. The molecule has 0 N–H and O–H groups in total. The lowest BCUT2D eigenvalue weighted by molar-refractivity contribution is -0.144. The molecule has 0 fully saturated rings. The summed E-state index contributed by atoms with van der Waals surface area (Å²) in [4.78, 5) is 75.6. The zero-order valence-corrected chi connectivity index (χ0v) is 23.2. The first-order chi connectivity index (χ1) is 19.1. The molecule has 0 aliphatic rings. The van der Waals surface area contributed by atoms with Crippen molar-refractivity contribution < 1.29 is 38.2 Å². The number of esters is 2. The summed E-state index contributed by atoms with van der Waals surface area (Å²) in [5.74, 6) is -3.37. The van der Waals surface area contributed by atoms with E-state index in [-0.39, 0.29) is 24.3 Å². The van der Waals surface area contributed by atoms with Gasteiger partial charge in [0.15, 0.2) is 0 Å². The van der Waals surface area contributed by atoms with Crippen LogP contribution in [-0.2, 0) is 41.6 Å². The number of hydrogen-bond donors (Lipinski definition) is 0. The van der Waals surface area contributed by atoms with Gasteiger partial charge in [0.25, 0.3) is 11.8 Å². The fourth-order valence-electron chi connectivity index (χ4n) is 3.68. The molecule has 212 valence electrons. The molecule has 2 amide bonds. The fraction of sp³-hybridized carbons (Fsp3) is 0.333. The van der Waals surface area contributed by atoms with Crippen LogP contribution in [0.5, 0.6) is 11.5 Å². The van der Waals surface area contributed by atoms with Crippen LogP contribution in [0.4, 0.5) is 0 Å². The zero-order valence-electron chi connectivity index (χ0n) is 23.2. The number of Topliss-reactive ketones (excluding diaryl/α,β-unsaturated/α-hetero) is 2. The van der Waals surface area contributed by atoms with Crippen LogP contribution < -0.4 is 9.47 Å². The van der Waals surface area contributed by atoms with Crippen LogP contribution in [-0.4, -0.2) is 71.3 Å². The highest BCUT2D eigenvalue weighted by molar-refractivity contribution is 6.37. The number of ether oxygens (including phenoxy) is 2. The third-order valence-electron chi connectivity index (χ3n) is 5.95. The second kappa shape index (κ2) is 15.7. The molecule has 2 aromatic carbocycles. The lowest BCUT2D eigenvalue weighted by atomic mass is 10.1. The van der Waals surface area contributed by atoms with Gasteiger partial charge in [-0.3, -0.25) is 19.2 Å². The summed E-state index contributed by atoms with van der Waals surface area (Å²) >= 11 is 0. The van der Waals surface area contributed by atoms with Gasteiger partial charge in [-0.15, -0.1) is 0 Å². The largest absolute Gasteiger partial charge is 0.423 e. The summed E-state index contributed by atoms with van der Waals surface area (Å²) < 4.78 is 10.3. The Morgan fingerprint density at radius 3 is 1.12 bits per heavy atom. The Morgan fingerprint density at radius 2 is 0.850 bits per heavy atom. The van der Waals surface area contributed by atoms with Crippen molar-refractivity contribution in [2.45, 2.75) is 40.5 Å². The van der Waals surface area contributed by atoms with Crippen LogP contribution in [0.15, 0.2) is 60.7 Å². The molecule has 0 spiro atoms. The molecule has 10 nitrogen and oxygen atoms in total. The van der Waals surface area contributed by atoms with Crippen molar-refractivity contribution in [1.29, 1.82) is 0 Å².